The Labute approximate surface area is 146 Å². The van der Waals surface area contributed by atoms with Crippen LogP contribution in [0.15, 0.2) is 47.5 Å². The number of nitrogens with zero attached hydrogens (tertiary/aromatic N) is 2. The van der Waals surface area contributed by atoms with Gasteiger partial charge in [-0.15, -0.1) is 0 Å². The monoisotopic (exact) mass is 367 g/mol. The molecule has 0 fully saturated rings. The van der Waals surface area contributed by atoms with Gasteiger partial charge in [0.05, 0.1) is 10.5 Å². The second-order valence-electron chi connectivity index (χ2n) is 4.91. The third kappa shape index (κ3) is 3.92. The number of nitrogens with one attached hydrogen (secondary N) is 1. The minimum absolute atomic E-state index is 0.107. The van der Waals surface area contributed by atoms with Crippen LogP contribution in [-0.2, 0) is 10.0 Å². The lowest BCUT2D eigenvalue weighted by Gasteiger charge is -2.18. The first-order valence-corrected chi connectivity index (χ1v) is 9.24. The fourth-order valence-electron chi connectivity index (χ4n) is 2.18. The van der Waals surface area contributed by atoms with Crippen molar-refractivity contribution in [2.45, 2.75) is 18.7 Å². The summed E-state index contributed by atoms with van der Waals surface area (Å²) in [5.41, 5.74) is 0.720. The number of aromatic nitrogens is 1. The third-order valence-corrected chi connectivity index (χ3v) is 5.82. The van der Waals surface area contributed by atoms with E-state index in [0.29, 0.717) is 18.8 Å². The molecule has 0 unspecified atom stereocenters. The summed E-state index contributed by atoms with van der Waals surface area (Å²) >= 11 is 5.88. The Morgan fingerprint density at radius 3 is 2.33 bits per heavy atom. The third-order valence-electron chi connectivity index (χ3n) is 3.46. The summed E-state index contributed by atoms with van der Waals surface area (Å²) in [6.45, 7) is 4.37. The minimum atomic E-state index is -3.52. The van der Waals surface area contributed by atoms with Gasteiger partial charge in [0, 0.05) is 25.0 Å². The Hall–Kier alpha value is -1.96. The molecule has 1 heterocycles. The summed E-state index contributed by atoms with van der Waals surface area (Å²) in [6.07, 6.45) is 1.49. The number of halogens is 1. The van der Waals surface area contributed by atoms with Gasteiger partial charge < -0.3 is 5.32 Å². The highest BCUT2D eigenvalue weighted by atomic mass is 35.5. The van der Waals surface area contributed by atoms with E-state index >= 15 is 0 Å². The number of amides is 1. The number of hydrogen-bond donors (Lipinski definition) is 1. The van der Waals surface area contributed by atoms with Crippen molar-refractivity contribution in [3.05, 3.63) is 53.3 Å². The van der Waals surface area contributed by atoms with E-state index in [1.54, 1.807) is 38.1 Å². The van der Waals surface area contributed by atoms with Crippen molar-refractivity contribution in [1.82, 2.24) is 9.29 Å². The summed E-state index contributed by atoms with van der Waals surface area (Å²) in [5, 5.41) is 2.77. The Kier molecular flexibility index (Phi) is 5.93. The number of carbonyl (C=O) groups is 1. The van der Waals surface area contributed by atoms with Gasteiger partial charge >= 0.3 is 0 Å². The van der Waals surface area contributed by atoms with E-state index in [2.05, 4.69) is 10.3 Å². The maximum atomic E-state index is 12.4. The van der Waals surface area contributed by atoms with Crippen molar-refractivity contribution in [3.63, 3.8) is 0 Å². The lowest BCUT2D eigenvalue weighted by Crippen LogP contribution is -2.30. The molecule has 0 atom stereocenters. The summed E-state index contributed by atoms with van der Waals surface area (Å²) in [7, 11) is -3.52. The molecule has 0 aliphatic heterocycles. The molecule has 1 aromatic heterocycles. The molecular formula is C16H18ClN3O3S. The van der Waals surface area contributed by atoms with Crippen molar-refractivity contribution < 1.29 is 13.2 Å². The lowest BCUT2D eigenvalue weighted by molar-refractivity contribution is 0.102. The molecule has 0 radical (unpaired) electrons. The van der Waals surface area contributed by atoms with Gasteiger partial charge in [0.1, 0.15) is 5.15 Å². The molecule has 0 spiro atoms. The molecule has 0 saturated heterocycles. The number of sulfonamides is 1. The van der Waals surface area contributed by atoms with E-state index in [-0.39, 0.29) is 15.6 Å². The molecule has 6 nitrogen and oxygen atoms in total. The van der Waals surface area contributed by atoms with Crippen LogP contribution in [0.1, 0.15) is 24.2 Å². The number of carbonyl (C=O) groups excluding carboxylic acids is 1. The highest BCUT2D eigenvalue weighted by Crippen LogP contribution is 2.19. The molecule has 1 N–H and O–H groups in total. The van der Waals surface area contributed by atoms with Crippen LogP contribution in [0.4, 0.5) is 5.69 Å². The fraction of sp³-hybridized carbons (Fsp3) is 0.250. The molecule has 2 rings (SSSR count). The largest absolute Gasteiger partial charge is 0.322 e. The van der Waals surface area contributed by atoms with Gasteiger partial charge in [0.15, 0.2) is 0 Å². The Morgan fingerprint density at radius 1 is 1.17 bits per heavy atom. The second kappa shape index (κ2) is 7.74. The standard InChI is InChI=1S/C16H18ClN3O3S/c1-3-20(4-2)24(22,23)13-9-7-12(8-10-13)19-16(21)14-6-5-11-18-15(14)17/h5-11H,3-4H2,1-2H3,(H,19,21). The molecule has 8 heteroatoms. The van der Waals surface area contributed by atoms with E-state index in [1.807, 2.05) is 0 Å². The van der Waals surface area contributed by atoms with Gasteiger partial charge in [-0.1, -0.05) is 25.4 Å². The smallest absolute Gasteiger partial charge is 0.258 e. The van der Waals surface area contributed by atoms with Crippen LogP contribution in [0.25, 0.3) is 0 Å². The van der Waals surface area contributed by atoms with E-state index in [1.165, 1.54) is 22.6 Å². The highest BCUT2D eigenvalue weighted by Gasteiger charge is 2.21. The summed E-state index contributed by atoms with van der Waals surface area (Å²) in [6, 6.07) is 9.18. The predicted molar refractivity (Wildman–Crippen MR) is 93.7 cm³/mol. The number of pyridine rings is 1. The zero-order chi connectivity index (χ0) is 17.7. The van der Waals surface area contributed by atoms with Crippen molar-refractivity contribution in [2.75, 3.05) is 18.4 Å². The Balaban J connectivity index is 2.18. The first-order chi connectivity index (χ1) is 11.4. The van der Waals surface area contributed by atoms with Crippen LogP contribution < -0.4 is 5.32 Å². The molecule has 2 aromatic rings. The second-order valence-corrected chi connectivity index (χ2v) is 7.21. The minimum Gasteiger partial charge on any atom is -0.322 e. The molecule has 0 saturated carbocycles. The molecule has 0 aliphatic rings. The van der Waals surface area contributed by atoms with Crippen molar-refractivity contribution in [2.24, 2.45) is 0 Å². The van der Waals surface area contributed by atoms with E-state index < -0.39 is 15.9 Å². The highest BCUT2D eigenvalue weighted by molar-refractivity contribution is 7.89. The summed E-state index contributed by atoms with van der Waals surface area (Å²) in [5.74, 6) is -0.410. The quantitative estimate of drug-likeness (QED) is 0.796. The van der Waals surface area contributed by atoms with Crippen molar-refractivity contribution >= 4 is 33.2 Å². The molecule has 1 aromatic carbocycles. The van der Waals surface area contributed by atoms with Crippen LogP contribution in [0.5, 0.6) is 0 Å². The average Bonchev–Trinajstić information content (AvgIpc) is 2.56. The maximum Gasteiger partial charge on any atom is 0.258 e. The van der Waals surface area contributed by atoms with Crippen molar-refractivity contribution in [3.8, 4) is 0 Å². The average molecular weight is 368 g/mol. The van der Waals surface area contributed by atoms with Crippen LogP contribution in [-0.4, -0.2) is 36.7 Å². The Morgan fingerprint density at radius 2 is 1.79 bits per heavy atom. The number of hydrogen-bond acceptors (Lipinski definition) is 4. The van der Waals surface area contributed by atoms with Gasteiger partial charge in [-0.3, -0.25) is 4.79 Å². The van der Waals surface area contributed by atoms with E-state index in [9.17, 15) is 13.2 Å². The summed E-state index contributed by atoms with van der Waals surface area (Å²) < 4.78 is 26.2. The van der Waals surface area contributed by atoms with Gasteiger partial charge in [0.25, 0.3) is 5.91 Å². The Bertz CT molecular complexity index is 819. The molecule has 128 valence electrons. The summed E-state index contributed by atoms with van der Waals surface area (Å²) in [4.78, 5) is 16.2. The molecular weight excluding hydrogens is 350 g/mol. The maximum absolute atomic E-state index is 12.4. The lowest BCUT2D eigenvalue weighted by atomic mass is 10.2. The fourth-order valence-corrected chi connectivity index (χ4v) is 3.84. The zero-order valence-corrected chi connectivity index (χ0v) is 14.9. The normalized spacial score (nSPS) is 11.5. The first-order valence-electron chi connectivity index (χ1n) is 7.42. The SMILES string of the molecule is CCN(CC)S(=O)(=O)c1ccc(NC(=O)c2cccnc2Cl)cc1. The molecule has 24 heavy (non-hydrogen) atoms. The van der Waals surface area contributed by atoms with Crippen LogP contribution in [0.2, 0.25) is 5.15 Å². The van der Waals surface area contributed by atoms with Gasteiger partial charge in [0.2, 0.25) is 10.0 Å². The van der Waals surface area contributed by atoms with E-state index in [4.69, 9.17) is 11.6 Å². The van der Waals surface area contributed by atoms with Crippen molar-refractivity contribution in [1.29, 1.82) is 0 Å². The van der Waals surface area contributed by atoms with Crippen LogP contribution in [0.3, 0.4) is 0 Å². The van der Waals surface area contributed by atoms with Gasteiger partial charge in [-0.25, -0.2) is 13.4 Å². The molecule has 1 amide bonds. The number of benzene rings is 1. The number of anilines is 1. The van der Waals surface area contributed by atoms with Gasteiger partial charge in [-0.05, 0) is 36.4 Å². The van der Waals surface area contributed by atoms with Crippen LogP contribution >= 0.6 is 11.6 Å². The van der Waals surface area contributed by atoms with E-state index in [0.717, 1.165) is 0 Å². The number of rotatable bonds is 6. The molecule has 0 bridgehead atoms. The first kappa shape index (κ1) is 18.4. The zero-order valence-electron chi connectivity index (χ0n) is 13.4. The topological polar surface area (TPSA) is 79.4 Å². The van der Waals surface area contributed by atoms with Gasteiger partial charge in [-0.2, -0.15) is 4.31 Å². The van der Waals surface area contributed by atoms with Crippen LogP contribution in [0, 0.1) is 0 Å². The molecule has 0 aliphatic carbocycles. The predicted octanol–water partition coefficient (Wildman–Crippen LogP) is 3.02.